The van der Waals surface area contributed by atoms with E-state index in [1.165, 1.54) is 11.1 Å². The van der Waals surface area contributed by atoms with Gasteiger partial charge < -0.3 is 15.0 Å². The Hall–Kier alpha value is -3.27. The van der Waals surface area contributed by atoms with Gasteiger partial charge in [0.15, 0.2) is 0 Å². The highest BCUT2D eigenvalue weighted by Gasteiger charge is 2.25. The third-order valence-electron chi connectivity index (χ3n) is 5.60. The largest absolute Gasteiger partial charge is 0.496 e. The number of carbonyl (C=O) groups is 1. The van der Waals surface area contributed by atoms with E-state index in [1.54, 1.807) is 7.11 Å². The molecule has 3 aromatic carbocycles. The zero-order chi connectivity index (χ0) is 20.1. The minimum absolute atomic E-state index is 0.0315. The maximum absolute atomic E-state index is 12.7. The van der Waals surface area contributed by atoms with Crippen LogP contribution in [0.2, 0.25) is 0 Å². The molecule has 1 heterocycles. The number of likely N-dealkylation sites (tertiary alicyclic amines) is 1. The number of carbonyl (C=O) groups excluding carboxylic acids is 1. The van der Waals surface area contributed by atoms with Gasteiger partial charge in [0.2, 0.25) is 0 Å². The topological polar surface area (TPSA) is 41.6 Å². The molecule has 0 bridgehead atoms. The Morgan fingerprint density at radius 1 is 0.862 bits per heavy atom. The van der Waals surface area contributed by atoms with E-state index in [9.17, 15) is 4.79 Å². The van der Waals surface area contributed by atoms with Crippen LogP contribution in [0.3, 0.4) is 0 Å². The van der Waals surface area contributed by atoms with Gasteiger partial charge in [-0.05, 0) is 53.6 Å². The molecule has 1 fully saturated rings. The van der Waals surface area contributed by atoms with Gasteiger partial charge in [0.1, 0.15) is 5.75 Å². The fraction of sp³-hybridized carbons (Fsp3) is 0.240. The zero-order valence-electron chi connectivity index (χ0n) is 16.7. The van der Waals surface area contributed by atoms with Crippen LogP contribution in [0.1, 0.15) is 24.3 Å². The lowest BCUT2D eigenvalue weighted by Crippen LogP contribution is -2.40. The fourth-order valence-electron chi connectivity index (χ4n) is 3.98. The molecule has 0 spiro atoms. The second-order valence-corrected chi connectivity index (χ2v) is 7.38. The number of amides is 2. The van der Waals surface area contributed by atoms with E-state index in [1.807, 2.05) is 59.5 Å². The van der Waals surface area contributed by atoms with Crippen molar-refractivity contribution in [3.8, 4) is 16.9 Å². The van der Waals surface area contributed by atoms with Crippen molar-refractivity contribution in [3.05, 3.63) is 84.4 Å². The summed E-state index contributed by atoms with van der Waals surface area (Å²) in [6, 6.07) is 26.4. The maximum atomic E-state index is 12.7. The van der Waals surface area contributed by atoms with E-state index in [0.717, 1.165) is 42.9 Å². The molecule has 0 aromatic heterocycles. The summed E-state index contributed by atoms with van der Waals surface area (Å²) in [5.41, 5.74) is 4.37. The predicted molar refractivity (Wildman–Crippen MR) is 117 cm³/mol. The van der Waals surface area contributed by atoms with Crippen molar-refractivity contribution in [3.63, 3.8) is 0 Å². The van der Waals surface area contributed by atoms with Crippen LogP contribution >= 0.6 is 0 Å². The van der Waals surface area contributed by atoms with E-state index >= 15 is 0 Å². The van der Waals surface area contributed by atoms with Crippen molar-refractivity contribution in [1.29, 1.82) is 0 Å². The number of ether oxygens (including phenoxy) is 1. The number of nitrogens with one attached hydrogen (secondary N) is 1. The molecule has 4 nitrogen and oxygen atoms in total. The number of hydrogen-bond donors (Lipinski definition) is 1. The van der Waals surface area contributed by atoms with E-state index in [4.69, 9.17) is 4.74 Å². The summed E-state index contributed by atoms with van der Waals surface area (Å²) in [5.74, 6) is 1.37. The first kappa shape index (κ1) is 19.1. The standard InChI is InChI=1S/C25H26N2O2/c1-29-24-10-6-5-9-23(24)21-15-17-27(18-16-21)25(28)26-22-13-11-20(12-14-22)19-7-3-2-4-8-19/h2-14,21H,15-18H2,1H3,(H,26,28). The SMILES string of the molecule is COc1ccccc1C1CCN(C(=O)Nc2ccc(-c3ccccc3)cc2)CC1. The van der Waals surface area contributed by atoms with Crippen molar-refractivity contribution in [2.75, 3.05) is 25.5 Å². The van der Waals surface area contributed by atoms with Crippen LogP contribution in [0.25, 0.3) is 11.1 Å². The summed E-state index contributed by atoms with van der Waals surface area (Å²) in [5, 5.41) is 3.03. The van der Waals surface area contributed by atoms with Crippen LogP contribution in [0, 0.1) is 0 Å². The lowest BCUT2D eigenvalue weighted by molar-refractivity contribution is 0.194. The average molecular weight is 386 g/mol. The number of hydrogen-bond acceptors (Lipinski definition) is 2. The minimum atomic E-state index is -0.0315. The van der Waals surface area contributed by atoms with Crippen LogP contribution < -0.4 is 10.1 Å². The number of urea groups is 1. The maximum Gasteiger partial charge on any atom is 0.321 e. The molecular formula is C25H26N2O2. The summed E-state index contributed by atoms with van der Waals surface area (Å²) in [6.07, 6.45) is 1.89. The molecule has 2 amide bonds. The number of benzene rings is 3. The number of piperidine rings is 1. The van der Waals surface area contributed by atoms with Gasteiger partial charge in [0.25, 0.3) is 0 Å². The first-order chi connectivity index (χ1) is 14.2. The van der Waals surface area contributed by atoms with Gasteiger partial charge in [-0.1, -0.05) is 60.7 Å². The summed E-state index contributed by atoms with van der Waals surface area (Å²) >= 11 is 0. The lowest BCUT2D eigenvalue weighted by Gasteiger charge is -2.32. The van der Waals surface area contributed by atoms with Crippen molar-refractivity contribution in [1.82, 2.24) is 4.90 Å². The third-order valence-corrected chi connectivity index (χ3v) is 5.60. The predicted octanol–water partition coefficient (Wildman–Crippen LogP) is 5.77. The number of rotatable bonds is 4. The number of methoxy groups -OCH3 is 1. The van der Waals surface area contributed by atoms with E-state index in [2.05, 4.69) is 29.6 Å². The molecule has 1 aliphatic rings. The highest BCUT2D eigenvalue weighted by molar-refractivity contribution is 5.89. The summed E-state index contributed by atoms with van der Waals surface area (Å²) in [4.78, 5) is 14.6. The third kappa shape index (κ3) is 4.43. The van der Waals surface area contributed by atoms with Crippen molar-refractivity contribution in [2.45, 2.75) is 18.8 Å². The molecule has 4 heteroatoms. The second-order valence-electron chi connectivity index (χ2n) is 7.38. The Balaban J connectivity index is 1.34. The Labute approximate surface area is 172 Å². The summed E-state index contributed by atoms with van der Waals surface area (Å²) in [7, 11) is 1.71. The first-order valence-corrected chi connectivity index (χ1v) is 10.1. The Bertz CT molecular complexity index is 946. The zero-order valence-corrected chi connectivity index (χ0v) is 16.7. The molecule has 1 N–H and O–H groups in total. The molecule has 0 unspecified atom stereocenters. The molecule has 0 atom stereocenters. The van der Waals surface area contributed by atoms with Crippen LogP contribution in [-0.4, -0.2) is 31.1 Å². The van der Waals surface area contributed by atoms with Crippen LogP contribution in [0.5, 0.6) is 5.75 Å². The lowest BCUT2D eigenvalue weighted by atomic mass is 9.89. The number of anilines is 1. The van der Waals surface area contributed by atoms with Crippen LogP contribution in [-0.2, 0) is 0 Å². The molecule has 148 valence electrons. The minimum Gasteiger partial charge on any atom is -0.496 e. The molecule has 0 aliphatic carbocycles. The quantitative estimate of drug-likeness (QED) is 0.618. The average Bonchev–Trinajstić information content (AvgIpc) is 2.80. The van der Waals surface area contributed by atoms with Gasteiger partial charge >= 0.3 is 6.03 Å². The van der Waals surface area contributed by atoms with Crippen LogP contribution in [0.4, 0.5) is 10.5 Å². The molecule has 1 saturated heterocycles. The van der Waals surface area contributed by atoms with Crippen molar-refractivity contribution >= 4 is 11.7 Å². The van der Waals surface area contributed by atoms with Crippen molar-refractivity contribution in [2.24, 2.45) is 0 Å². The molecule has 4 rings (SSSR count). The van der Waals surface area contributed by atoms with Gasteiger partial charge in [0, 0.05) is 18.8 Å². The molecule has 29 heavy (non-hydrogen) atoms. The normalized spacial score (nSPS) is 14.4. The van der Waals surface area contributed by atoms with E-state index in [-0.39, 0.29) is 6.03 Å². The highest BCUT2D eigenvalue weighted by atomic mass is 16.5. The van der Waals surface area contributed by atoms with Gasteiger partial charge in [0.05, 0.1) is 7.11 Å². The van der Waals surface area contributed by atoms with Gasteiger partial charge in [-0.25, -0.2) is 4.79 Å². The number of nitrogens with zero attached hydrogens (tertiary/aromatic N) is 1. The molecule has 0 saturated carbocycles. The monoisotopic (exact) mass is 386 g/mol. The summed E-state index contributed by atoms with van der Waals surface area (Å²) < 4.78 is 5.50. The molecular weight excluding hydrogens is 360 g/mol. The Morgan fingerprint density at radius 3 is 2.17 bits per heavy atom. The molecule has 3 aromatic rings. The van der Waals surface area contributed by atoms with E-state index in [0.29, 0.717) is 5.92 Å². The second kappa shape index (κ2) is 8.82. The number of para-hydroxylation sites is 1. The summed E-state index contributed by atoms with van der Waals surface area (Å²) in [6.45, 7) is 1.49. The van der Waals surface area contributed by atoms with Gasteiger partial charge in [-0.15, -0.1) is 0 Å². The Morgan fingerprint density at radius 2 is 1.48 bits per heavy atom. The molecule has 0 radical (unpaired) electrons. The fourth-order valence-corrected chi connectivity index (χ4v) is 3.98. The van der Waals surface area contributed by atoms with Gasteiger partial charge in [-0.3, -0.25) is 0 Å². The molecule has 1 aliphatic heterocycles. The Kier molecular flexibility index (Phi) is 5.80. The van der Waals surface area contributed by atoms with E-state index < -0.39 is 0 Å². The highest BCUT2D eigenvalue weighted by Crippen LogP contribution is 2.34. The van der Waals surface area contributed by atoms with Crippen LogP contribution in [0.15, 0.2) is 78.9 Å². The van der Waals surface area contributed by atoms with Gasteiger partial charge in [-0.2, -0.15) is 0 Å². The smallest absolute Gasteiger partial charge is 0.321 e. The first-order valence-electron chi connectivity index (χ1n) is 10.1. The van der Waals surface area contributed by atoms with Crippen molar-refractivity contribution < 1.29 is 9.53 Å².